The Labute approximate surface area is 79.4 Å². The van der Waals surface area contributed by atoms with Crippen molar-refractivity contribution in [2.24, 2.45) is 5.10 Å². The van der Waals surface area contributed by atoms with Crippen molar-refractivity contribution in [1.82, 2.24) is 9.91 Å². The molecule has 4 heteroatoms. The smallest absolute Gasteiger partial charge is 0.187 e. The summed E-state index contributed by atoms with van der Waals surface area (Å²) < 4.78 is 0. The lowest BCUT2D eigenvalue weighted by atomic mass is 10.3. The Balaban J connectivity index is 2.48. The maximum atomic E-state index is 8.77. The highest BCUT2D eigenvalue weighted by Gasteiger charge is 2.25. The van der Waals surface area contributed by atoms with Crippen molar-refractivity contribution in [2.45, 2.75) is 39.3 Å². The van der Waals surface area contributed by atoms with Crippen LogP contribution in [0.3, 0.4) is 0 Å². The van der Waals surface area contributed by atoms with Crippen LogP contribution in [0.25, 0.3) is 0 Å². The number of nitriles is 1. The van der Waals surface area contributed by atoms with Gasteiger partial charge in [-0.2, -0.15) is 10.4 Å². The van der Waals surface area contributed by atoms with Crippen LogP contribution in [0, 0.1) is 11.5 Å². The molecule has 0 spiro atoms. The molecule has 1 rings (SSSR count). The first-order valence-corrected chi connectivity index (χ1v) is 4.82. The summed E-state index contributed by atoms with van der Waals surface area (Å²) in [6.45, 7) is 5.18. The van der Waals surface area contributed by atoms with Crippen molar-refractivity contribution in [2.75, 3.05) is 6.54 Å². The van der Waals surface area contributed by atoms with Gasteiger partial charge in [0, 0.05) is 6.54 Å². The van der Waals surface area contributed by atoms with E-state index in [0.717, 1.165) is 25.8 Å². The van der Waals surface area contributed by atoms with Crippen molar-refractivity contribution in [3.05, 3.63) is 0 Å². The highest BCUT2D eigenvalue weighted by Crippen LogP contribution is 2.15. The monoisotopic (exact) mass is 180 g/mol. The predicted molar refractivity (Wildman–Crippen MR) is 51.6 cm³/mol. The van der Waals surface area contributed by atoms with Gasteiger partial charge in [0.25, 0.3) is 0 Å². The lowest BCUT2D eigenvalue weighted by Crippen LogP contribution is -2.36. The van der Waals surface area contributed by atoms with Gasteiger partial charge in [-0.3, -0.25) is 5.01 Å². The summed E-state index contributed by atoms with van der Waals surface area (Å²) in [6, 6.07) is 0. The Hall–Kier alpha value is -1.24. The standard InChI is InChI=1S/C9H16N4/c1-3-5-6-13-9(4-2)12(7-10)8-11-13/h8-9H,3-6H2,1-2H3. The number of hydrazone groups is 1. The van der Waals surface area contributed by atoms with E-state index >= 15 is 0 Å². The van der Waals surface area contributed by atoms with Crippen molar-refractivity contribution in [3.63, 3.8) is 0 Å². The van der Waals surface area contributed by atoms with Crippen LogP contribution in [-0.2, 0) is 0 Å². The molecule has 1 aliphatic rings. The third-order valence-electron chi connectivity index (χ3n) is 2.21. The molecule has 0 aliphatic carbocycles. The molecular weight excluding hydrogens is 164 g/mol. The third kappa shape index (κ3) is 2.11. The third-order valence-corrected chi connectivity index (χ3v) is 2.21. The van der Waals surface area contributed by atoms with Crippen LogP contribution in [-0.4, -0.2) is 29.0 Å². The van der Waals surface area contributed by atoms with E-state index < -0.39 is 0 Å². The number of rotatable bonds is 4. The van der Waals surface area contributed by atoms with Crippen molar-refractivity contribution >= 4 is 6.34 Å². The van der Waals surface area contributed by atoms with Crippen LogP contribution in [0.15, 0.2) is 5.10 Å². The second-order valence-corrected chi connectivity index (χ2v) is 3.14. The van der Waals surface area contributed by atoms with E-state index in [2.05, 4.69) is 25.1 Å². The molecule has 0 aromatic heterocycles. The van der Waals surface area contributed by atoms with Gasteiger partial charge in [-0.25, -0.2) is 4.90 Å². The van der Waals surface area contributed by atoms with Gasteiger partial charge >= 0.3 is 0 Å². The SMILES string of the molecule is CCCCN1N=CN(C#N)C1CC. The summed E-state index contributed by atoms with van der Waals surface area (Å²) in [4.78, 5) is 1.61. The fraction of sp³-hybridized carbons (Fsp3) is 0.778. The van der Waals surface area contributed by atoms with Gasteiger partial charge in [0.15, 0.2) is 6.19 Å². The average Bonchev–Trinajstić information content (AvgIpc) is 2.56. The summed E-state index contributed by atoms with van der Waals surface area (Å²) in [7, 11) is 0. The fourth-order valence-corrected chi connectivity index (χ4v) is 1.45. The molecule has 1 unspecified atom stereocenters. The largest absolute Gasteiger partial charge is 0.272 e. The molecular formula is C9H16N4. The summed E-state index contributed by atoms with van der Waals surface area (Å²) in [5, 5.41) is 15.0. The summed E-state index contributed by atoms with van der Waals surface area (Å²) in [5.74, 6) is 0. The topological polar surface area (TPSA) is 42.6 Å². The molecule has 13 heavy (non-hydrogen) atoms. The molecule has 0 amide bonds. The van der Waals surface area contributed by atoms with Crippen LogP contribution < -0.4 is 0 Å². The zero-order chi connectivity index (χ0) is 9.68. The highest BCUT2D eigenvalue weighted by atomic mass is 15.6. The Morgan fingerprint density at radius 1 is 1.54 bits per heavy atom. The van der Waals surface area contributed by atoms with E-state index in [-0.39, 0.29) is 6.17 Å². The zero-order valence-electron chi connectivity index (χ0n) is 8.27. The minimum Gasteiger partial charge on any atom is -0.272 e. The fourth-order valence-electron chi connectivity index (χ4n) is 1.45. The molecule has 0 fully saturated rings. The van der Waals surface area contributed by atoms with Gasteiger partial charge in [0.2, 0.25) is 0 Å². The van der Waals surface area contributed by atoms with E-state index in [4.69, 9.17) is 5.26 Å². The summed E-state index contributed by atoms with van der Waals surface area (Å²) >= 11 is 0. The lowest BCUT2D eigenvalue weighted by molar-refractivity contribution is 0.155. The minimum atomic E-state index is 0.150. The van der Waals surface area contributed by atoms with Crippen LogP contribution in [0.2, 0.25) is 0 Å². The van der Waals surface area contributed by atoms with Gasteiger partial charge in [-0.1, -0.05) is 20.3 Å². The molecule has 1 atom stereocenters. The zero-order valence-corrected chi connectivity index (χ0v) is 8.27. The van der Waals surface area contributed by atoms with Crippen molar-refractivity contribution < 1.29 is 0 Å². The quantitative estimate of drug-likeness (QED) is 0.617. The Morgan fingerprint density at radius 3 is 2.85 bits per heavy atom. The van der Waals surface area contributed by atoms with Gasteiger partial charge in [-0.05, 0) is 12.8 Å². The van der Waals surface area contributed by atoms with Gasteiger partial charge in [0.05, 0.1) is 0 Å². The number of hydrogen-bond acceptors (Lipinski definition) is 4. The molecule has 0 radical (unpaired) electrons. The predicted octanol–water partition coefficient (Wildman–Crippen LogP) is 1.56. The molecule has 0 aromatic carbocycles. The van der Waals surface area contributed by atoms with Gasteiger partial charge in [-0.15, -0.1) is 0 Å². The molecule has 72 valence electrons. The molecule has 1 aliphatic heterocycles. The molecule has 4 nitrogen and oxygen atoms in total. The average molecular weight is 180 g/mol. The van der Waals surface area contributed by atoms with E-state index in [9.17, 15) is 0 Å². The molecule has 0 saturated carbocycles. The molecule has 0 saturated heterocycles. The maximum Gasteiger partial charge on any atom is 0.187 e. The van der Waals surface area contributed by atoms with E-state index in [1.165, 1.54) is 0 Å². The van der Waals surface area contributed by atoms with Crippen LogP contribution in [0.1, 0.15) is 33.1 Å². The second kappa shape index (κ2) is 4.70. The molecule has 0 bridgehead atoms. The Bertz CT molecular complexity index is 218. The van der Waals surface area contributed by atoms with Crippen LogP contribution in [0.4, 0.5) is 0 Å². The molecule has 0 aromatic rings. The Kier molecular flexibility index (Phi) is 3.56. The van der Waals surface area contributed by atoms with Crippen LogP contribution in [0.5, 0.6) is 0 Å². The Morgan fingerprint density at radius 2 is 2.31 bits per heavy atom. The maximum absolute atomic E-state index is 8.77. The van der Waals surface area contributed by atoms with E-state index in [1.54, 1.807) is 11.2 Å². The van der Waals surface area contributed by atoms with Crippen LogP contribution >= 0.6 is 0 Å². The second-order valence-electron chi connectivity index (χ2n) is 3.14. The van der Waals surface area contributed by atoms with E-state index in [0.29, 0.717) is 0 Å². The van der Waals surface area contributed by atoms with Gasteiger partial charge in [0.1, 0.15) is 12.5 Å². The minimum absolute atomic E-state index is 0.150. The first-order valence-electron chi connectivity index (χ1n) is 4.82. The molecule has 1 heterocycles. The molecule has 0 N–H and O–H groups in total. The highest BCUT2D eigenvalue weighted by molar-refractivity contribution is 5.59. The summed E-state index contributed by atoms with van der Waals surface area (Å²) in [6.07, 6.45) is 7.10. The van der Waals surface area contributed by atoms with Crippen molar-refractivity contribution in [3.8, 4) is 6.19 Å². The summed E-state index contributed by atoms with van der Waals surface area (Å²) in [5.41, 5.74) is 0. The lowest BCUT2D eigenvalue weighted by Gasteiger charge is -2.24. The first kappa shape index (κ1) is 9.85. The number of nitrogens with zero attached hydrogens (tertiary/aromatic N) is 4. The van der Waals surface area contributed by atoms with Gasteiger partial charge < -0.3 is 0 Å². The first-order chi connectivity index (χ1) is 6.33. The van der Waals surface area contributed by atoms with Crippen molar-refractivity contribution in [1.29, 1.82) is 5.26 Å². The number of unbranched alkanes of at least 4 members (excludes halogenated alkanes) is 1. The number of hydrogen-bond donors (Lipinski definition) is 0. The van der Waals surface area contributed by atoms with E-state index in [1.807, 2.05) is 5.01 Å². The normalized spacial score (nSPS) is 20.8.